The van der Waals surface area contributed by atoms with Crippen LogP contribution in [0.1, 0.15) is 11.1 Å². The van der Waals surface area contributed by atoms with Crippen molar-refractivity contribution >= 4 is 40.8 Å². The minimum atomic E-state index is 1.07. The van der Waals surface area contributed by atoms with Gasteiger partial charge in [0, 0.05) is 8.96 Å². The van der Waals surface area contributed by atoms with Gasteiger partial charge in [-0.05, 0) is 43.0 Å². The van der Waals surface area contributed by atoms with Crippen molar-refractivity contribution in [2.75, 3.05) is 0 Å². The predicted molar refractivity (Wildman–Crippen MR) is 77.6 cm³/mol. The summed E-state index contributed by atoms with van der Waals surface area (Å²) in [6.07, 6.45) is 0. The molecule has 0 aliphatic carbocycles. The van der Waals surface area contributed by atoms with E-state index in [4.69, 9.17) is 0 Å². The Morgan fingerprint density at radius 2 is 0.875 bits per heavy atom. The first-order chi connectivity index (χ1) is 7.79. The molecule has 0 nitrogen and oxygen atoms in total. The molecule has 0 amide bonds. The summed E-state index contributed by atoms with van der Waals surface area (Å²) in [5.74, 6) is 0. The van der Waals surface area contributed by atoms with E-state index in [0.717, 1.165) is 8.96 Å². The fourth-order valence-electron chi connectivity index (χ4n) is 1.42. The van der Waals surface area contributed by atoms with Crippen molar-refractivity contribution in [1.82, 2.24) is 0 Å². The van der Waals surface area contributed by atoms with Crippen LogP contribution in [-0.2, 0) is 0 Å². The smallest absolute Gasteiger partial charge is 0.0395 e. The Bertz CT molecular complexity index is 439. The molecule has 0 fully saturated rings. The zero-order chi connectivity index (χ0) is 11.4. The van der Waals surface area contributed by atoms with E-state index in [1.165, 1.54) is 11.1 Å². The second-order valence-electron chi connectivity index (χ2n) is 3.36. The van der Waals surface area contributed by atoms with E-state index in [2.05, 4.69) is 56.1 Å². The molecule has 2 aromatic rings. The van der Waals surface area contributed by atoms with Crippen molar-refractivity contribution in [3.05, 3.63) is 71.8 Å². The lowest BCUT2D eigenvalue weighted by atomic mass is 10.1. The average Bonchev–Trinajstić information content (AvgIpc) is 2.39. The molecule has 2 rings (SSSR count). The summed E-state index contributed by atoms with van der Waals surface area (Å²) in [5.41, 5.74) is 2.33. The molecule has 0 radical (unpaired) electrons. The maximum Gasteiger partial charge on any atom is 0.0395 e. The normalized spacial score (nSPS) is 12.1. The van der Waals surface area contributed by atoms with E-state index in [9.17, 15) is 0 Å². The lowest BCUT2D eigenvalue weighted by Gasteiger charge is -2.05. The van der Waals surface area contributed by atoms with Gasteiger partial charge in [-0.3, -0.25) is 0 Å². The molecule has 80 valence electrons. The second-order valence-corrected chi connectivity index (χ2v) is 4.95. The Morgan fingerprint density at radius 1 is 0.562 bits per heavy atom. The van der Waals surface area contributed by atoms with Crippen LogP contribution in [0.5, 0.6) is 0 Å². The van der Waals surface area contributed by atoms with Crippen LogP contribution in [0.3, 0.4) is 0 Å². The van der Waals surface area contributed by atoms with Gasteiger partial charge in [0.05, 0.1) is 0 Å². The van der Waals surface area contributed by atoms with Gasteiger partial charge >= 0.3 is 0 Å². The van der Waals surface area contributed by atoms with Gasteiger partial charge in [0.2, 0.25) is 0 Å². The first kappa shape index (κ1) is 11.6. The summed E-state index contributed by atoms with van der Waals surface area (Å²) in [6, 6.07) is 20.5. The highest BCUT2D eigenvalue weighted by atomic mass is 79.9. The van der Waals surface area contributed by atoms with Crippen LogP contribution in [0, 0.1) is 0 Å². The molecule has 16 heavy (non-hydrogen) atoms. The van der Waals surface area contributed by atoms with Gasteiger partial charge in [0.25, 0.3) is 0 Å². The largest absolute Gasteiger partial charge is 0.0622 e. The van der Waals surface area contributed by atoms with Crippen LogP contribution in [-0.4, -0.2) is 0 Å². The lowest BCUT2D eigenvalue weighted by Crippen LogP contribution is -1.80. The highest BCUT2D eigenvalue weighted by Gasteiger charge is 2.05. The number of benzene rings is 2. The van der Waals surface area contributed by atoms with Crippen LogP contribution in [0.25, 0.3) is 8.96 Å². The van der Waals surface area contributed by atoms with Gasteiger partial charge in [0.1, 0.15) is 0 Å². The highest BCUT2D eigenvalue weighted by molar-refractivity contribution is 9.18. The van der Waals surface area contributed by atoms with E-state index >= 15 is 0 Å². The third-order valence-corrected chi connectivity index (χ3v) is 4.49. The molecule has 0 aliphatic rings. The topological polar surface area (TPSA) is 0 Å². The second kappa shape index (κ2) is 5.46. The number of rotatable bonds is 2. The molecule has 0 saturated heterocycles. The minimum Gasteiger partial charge on any atom is -0.0622 e. The Labute approximate surface area is 112 Å². The molecule has 0 saturated carbocycles. The molecule has 2 aromatic carbocycles. The van der Waals surface area contributed by atoms with Crippen molar-refractivity contribution in [1.29, 1.82) is 0 Å². The van der Waals surface area contributed by atoms with Crippen molar-refractivity contribution < 1.29 is 0 Å². The first-order valence-corrected chi connectivity index (χ1v) is 6.54. The molecule has 0 aliphatic heterocycles. The van der Waals surface area contributed by atoms with Gasteiger partial charge in [-0.15, -0.1) is 0 Å². The fraction of sp³-hybridized carbons (Fsp3) is 0. The summed E-state index contributed by atoms with van der Waals surface area (Å²) in [7, 11) is 0. The van der Waals surface area contributed by atoms with E-state index in [0.29, 0.717) is 0 Å². The van der Waals surface area contributed by atoms with Crippen LogP contribution in [0.15, 0.2) is 60.7 Å². The number of hydrogen-bond acceptors (Lipinski definition) is 0. The van der Waals surface area contributed by atoms with Gasteiger partial charge in [-0.1, -0.05) is 60.7 Å². The molecule has 0 aromatic heterocycles. The molecule has 0 bridgehead atoms. The quantitative estimate of drug-likeness (QED) is 0.652. The summed E-state index contributed by atoms with van der Waals surface area (Å²) in [5, 5.41) is 0. The third-order valence-electron chi connectivity index (χ3n) is 2.25. The number of halogens is 2. The van der Waals surface area contributed by atoms with Crippen LogP contribution in [0.2, 0.25) is 0 Å². The Kier molecular flexibility index (Phi) is 3.97. The van der Waals surface area contributed by atoms with Crippen LogP contribution >= 0.6 is 31.9 Å². The number of hydrogen-bond donors (Lipinski definition) is 0. The zero-order valence-electron chi connectivity index (χ0n) is 8.53. The third kappa shape index (κ3) is 2.63. The zero-order valence-corrected chi connectivity index (χ0v) is 11.7. The summed E-state index contributed by atoms with van der Waals surface area (Å²) in [6.45, 7) is 0. The molecule has 0 unspecified atom stereocenters. The minimum absolute atomic E-state index is 1.07. The standard InChI is InChI=1S/C14H10Br2/c15-13(11-7-3-1-4-8-11)14(16)12-9-5-2-6-10-12/h1-10H/b14-13+. The van der Waals surface area contributed by atoms with Crippen molar-refractivity contribution in [2.24, 2.45) is 0 Å². The average molecular weight is 338 g/mol. The van der Waals surface area contributed by atoms with Gasteiger partial charge in [-0.25, -0.2) is 0 Å². The van der Waals surface area contributed by atoms with Crippen molar-refractivity contribution in [2.45, 2.75) is 0 Å². The maximum absolute atomic E-state index is 3.62. The molecule has 0 atom stereocenters. The van der Waals surface area contributed by atoms with Crippen LogP contribution in [0.4, 0.5) is 0 Å². The molecule has 0 heterocycles. The summed E-state index contributed by atoms with van der Waals surface area (Å²) >= 11 is 7.24. The Hall–Kier alpha value is -0.860. The van der Waals surface area contributed by atoms with Gasteiger partial charge in [0.15, 0.2) is 0 Å². The highest BCUT2D eigenvalue weighted by Crippen LogP contribution is 2.34. The molecule has 2 heteroatoms. The van der Waals surface area contributed by atoms with Crippen molar-refractivity contribution in [3.63, 3.8) is 0 Å². The van der Waals surface area contributed by atoms with E-state index in [1.807, 2.05) is 36.4 Å². The van der Waals surface area contributed by atoms with Crippen LogP contribution < -0.4 is 0 Å². The predicted octanol–water partition coefficient (Wildman–Crippen LogP) is 5.30. The molecule has 0 N–H and O–H groups in total. The van der Waals surface area contributed by atoms with Crippen molar-refractivity contribution in [3.8, 4) is 0 Å². The molecular weight excluding hydrogens is 328 g/mol. The maximum atomic E-state index is 3.62. The fourth-order valence-corrected chi connectivity index (χ4v) is 2.41. The van der Waals surface area contributed by atoms with Gasteiger partial charge in [-0.2, -0.15) is 0 Å². The lowest BCUT2D eigenvalue weighted by molar-refractivity contribution is 1.64. The van der Waals surface area contributed by atoms with E-state index in [-0.39, 0.29) is 0 Å². The Morgan fingerprint density at radius 3 is 1.19 bits per heavy atom. The first-order valence-electron chi connectivity index (χ1n) is 4.95. The van der Waals surface area contributed by atoms with Gasteiger partial charge < -0.3 is 0 Å². The molecule has 0 spiro atoms. The summed E-state index contributed by atoms with van der Waals surface area (Å²) in [4.78, 5) is 0. The van der Waals surface area contributed by atoms with E-state index < -0.39 is 0 Å². The molecular formula is C14H10Br2. The summed E-state index contributed by atoms with van der Waals surface area (Å²) < 4.78 is 2.14. The SMILES string of the molecule is Br/C(=C(/Br)c1ccccc1)c1ccccc1. The van der Waals surface area contributed by atoms with E-state index in [1.54, 1.807) is 0 Å². The monoisotopic (exact) mass is 336 g/mol. The Balaban J connectivity index is 2.43.